The molecule has 0 radical (unpaired) electrons. The highest BCUT2D eigenvalue weighted by Gasteiger charge is 2.36. The smallest absolute Gasteiger partial charge is 0.261 e. The van der Waals surface area contributed by atoms with Crippen LogP contribution >= 0.6 is 0 Å². The summed E-state index contributed by atoms with van der Waals surface area (Å²) >= 11 is 0. The van der Waals surface area contributed by atoms with Crippen LogP contribution in [0.4, 0.5) is 0 Å². The summed E-state index contributed by atoms with van der Waals surface area (Å²) in [4.78, 5) is 40.9. The molecule has 6 nitrogen and oxygen atoms in total. The molecule has 2 heterocycles. The van der Waals surface area contributed by atoms with Crippen molar-refractivity contribution in [2.24, 2.45) is 0 Å². The van der Waals surface area contributed by atoms with Gasteiger partial charge in [-0.1, -0.05) is 24.3 Å². The highest BCUT2D eigenvalue weighted by Crippen LogP contribution is 2.25. The summed E-state index contributed by atoms with van der Waals surface area (Å²) in [7, 11) is 0. The third kappa shape index (κ3) is 3.10. The van der Waals surface area contributed by atoms with E-state index in [0.717, 1.165) is 5.56 Å². The fraction of sp³-hybridized carbons (Fsp3) is 0.318. The van der Waals surface area contributed by atoms with E-state index in [-0.39, 0.29) is 29.8 Å². The van der Waals surface area contributed by atoms with Gasteiger partial charge in [-0.2, -0.15) is 0 Å². The SMILES string of the molecule is CC1(C)COCCN1C(=O)c1ccc(CN2C(=O)c3ccccc3C2=O)cc1. The molecule has 1 saturated heterocycles. The van der Waals surface area contributed by atoms with Crippen molar-refractivity contribution >= 4 is 17.7 Å². The fourth-order valence-corrected chi connectivity index (χ4v) is 3.71. The van der Waals surface area contributed by atoms with E-state index in [4.69, 9.17) is 4.74 Å². The average Bonchev–Trinajstić information content (AvgIpc) is 2.93. The number of ether oxygens (including phenoxy) is 1. The molecule has 0 saturated carbocycles. The maximum atomic E-state index is 12.9. The van der Waals surface area contributed by atoms with Crippen LogP contribution in [0.15, 0.2) is 48.5 Å². The van der Waals surface area contributed by atoms with E-state index in [1.165, 1.54) is 4.90 Å². The van der Waals surface area contributed by atoms with Crippen LogP contribution in [-0.4, -0.2) is 52.8 Å². The molecule has 6 heteroatoms. The molecule has 2 aromatic carbocycles. The predicted octanol–water partition coefficient (Wildman–Crippen LogP) is 2.73. The van der Waals surface area contributed by atoms with Gasteiger partial charge in [0.05, 0.1) is 36.4 Å². The van der Waals surface area contributed by atoms with Gasteiger partial charge in [0.2, 0.25) is 0 Å². The van der Waals surface area contributed by atoms with Crippen molar-refractivity contribution in [2.75, 3.05) is 19.8 Å². The van der Waals surface area contributed by atoms with Gasteiger partial charge in [0.1, 0.15) is 0 Å². The summed E-state index contributed by atoms with van der Waals surface area (Å²) in [5.74, 6) is -0.604. The van der Waals surface area contributed by atoms with E-state index in [9.17, 15) is 14.4 Å². The molecule has 3 amide bonds. The number of morpholine rings is 1. The van der Waals surface area contributed by atoms with E-state index >= 15 is 0 Å². The number of fused-ring (bicyclic) bond motifs is 1. The van der Waals surface area contributed by atoms with Crippen LogP contribution in [0.2, 0.25) is 0 Å². The second-order valence-electron chi connectivity index (χ2n) is 7.76. The van der Waals surface area contributed by atoms with Crippen molar-refractivity contribution in [1.82, 2.24) is 9.80 Å². The van der Waals surface area contributed by atoms with Crippen LogP contribution in [0, 0.1) is 0 Å². The third-order valence-electron chi connectivity index (χ3n) is 5.31. The van der Waals surface area contributed by atoms with Crippen molar-refractivity contribution in [3.63, 3.8) is 0 Å². The molecule has 0 unspecified atom stereocenters. The van der Waals surface area contributed by atoms with Gasteiger partial charge in [0, 0.05) is 12.1 Å². The maximum Gasteiger partial charge on any atom is 0.261 e. The first-order chi connectivity index (χ1) is 13.4. The zero-order valence-electron chi connectivity index (χ0n) is 16.0. The summed E-state index contributed by atoms with van der Waals surface area (Å²) < 4.78 is 5.48. The lowest BCUT2D eigenvalue weighted by atomic mass is 10.0. The van der Waals surface area contributed by atoms with Gasteiger partial charge in [-0.25, -0.2) is 0 Å². The topological polar surface area (TPSA) is 66.9 Å². The number of imide groups is 1. The van der Waals surface area contributed by atoms with Crippen LogP contribution in [0.5, 0.6) is 0 Å². The van der Waals surface area contributed by atoms with Gasteiger partial charge in [0.15, 0.2) is 0 Å². The van der Waals surface area contributed by atoms with Gasteiger partial charge in [-0.15, -0.1) is 0 Å². The Hall–Kier alpha value is -2.99. The summed E-state index contributed by atoms with van der Waals surface area (Å²) in [5, 5.41) is 0. The Morgan fingerprint density at radius 2 is 1.61 bits per heavy atom. The molecule has 0 N–H and O–H groups in total. The van der Waals surface area contributed by atoms with Crippen LogP contribution in [0.1, 0.15) is 50.5 Å². The lowest BCUT2D eigenvalue weighted by Gasteiger charge is -2.42. The maximum absolute atomic E-state index is 12.9. The van der Waals surface area contributed by atoms with E-state index in [1.807, 2.05) is 18.7 Å². The summed E-state index contributed by atoms with van der Waals surface area (Å²) in [6.07, 6.45) is 0. The summed E-state index contributed by atoms with van der Waals surface area (Å²) in [6.45, 7) is 5.76. The molecule has 0 aliphatic carbocycles. The molecule has 0 atom stereocenters. The van der Waals surface area contributed by atoms with Crippen LogP contribution < -0.4 is 0 Å². The normalized spacial score (nSPS) is 18.4. The Morgan fingerprint density at radius 3 is 2.18 bits per heavy atom. The third-order valence-corrected chi connectivity index (χ3v) is 5.31. The molecule has 0 spiro atoms. The van der Waals surface area contributed by atoms with E-state index in [0.29, 0.717) is 36.4 Å². The fourth-order valence-electron chi connectivity index (χ4n) is 3.71. The van der Waals surface area contributed by atoms with Gasteiger partial charge >= 0.3 is 0 Å². The lowest BCUT2D eigenvalue weighted by molar-refractivity contribution is -0.0370. The Kier molecular flexibility index (Phi) is 4.51. The molecule has 0 aromatic heterocycles. The molecule has 1 fully saturated rings. The predicted molar refractivity (Wildman–Crippen MR) is 103 cm³/mol. The van der Waals surface area contributed by atoms with Gasteiger partial charge in [-0.3, -0.25) is 19.3 Å². The first kappa shape index (κ1) is 18.4. The Morgan fingerprint density at radius 1 is 1.00 bits per heavy atom. The molecule has 2 aliphatic heterocycles. The first-order valence-corrected chi connectivity index (χ1v) is 9.32. The van der Waals surface area contributed by atoms with Crippen molar-refractivity contribution in [3.05, 3.63) is 70.8 Å². The number of hydrogen-bond acceptors (Lipinski definition) is 4. The first-order valence-electron chi connectivity index (χ1n) is 9.32. The zero-order chi connectivity index (χ0) is 19.9. The Balaban J connectivity index is 1.49. The molecule has 2 aliphatic rings. The Bertz CT molecular complexity index is 914. The standard InChI is InChI=1S/C22H22N2O4/c1-22(2)14-28-12-11-24(22)19(25)16-9-7-15(8-10-16)13-23-20(26)17-5-3-4-6-18(17)21(23)27/h3-10H,11-14H2,1-2H3. The van der Waals surface area contributed by atoms with Crippen molar-refractivity contribution in [2.45, 2.75) is 25.9 Å². The van der Waals surface area contributed by atoms with E-state index < -0.39 is 0 Å². The van der Waals surface area contributed by atoms with E-state index in [2.05, 4.69) is 0 Å². The molecular weight excluding hydrogens is 356 g/mol. The highest BCUT2D eigenvalue weighted by molar-refractivity contribution is 6.21. The minimum absolute atomic E-state index is 0.0411. The van der Waals surface area contributed by atoms with Crippen LogP contribution in [0.3, 0.4) is 0 Å². The molecule has 4 rings (SSSR count). The van der Waals surface area contributed by atoms with E-state index in [1.54, 1.807) is 48.5 Å². The monoisotopic (exact) mass is 378 g/mol. The van der Waals surface area contributed by atoms with Gasteiger partial charge in [-0.05, 0) is 43.7 Å². The van der Waals surface area contributed by atoms with Gasteiger partial charge in [0.25, 0.3) is 17.7 Å². The highest BCUT2D eigenvalue weighted by atomic mass is 16.5. The van der Waals surface area contributed by atoms with Crippen LogP contribution in [0.25, 0.3) is 0 Å². The van der Waals surface area contributed by atoms with Crippen molar-refractivity contribution in [3.8, 4) is 0 Å². The summed E-state index contributed by atoms with van der Waals surface area (Å²) in [6, 6.07) is 13.9. The average molecular weight is 378 g/mol. The molecule has 2 aromatic rings. The van der Waals surface area contributed by atoms with Crippen molar-refractivity contribution < 1.29 is 19.1 Å². The molecule has 28 heavy (non-hydrogen) atoms. The number of carbonyl (C=O) groups excluding carboxylic acids is 3. The number of carbonyl (C=O) groups is 3. The van der Waals surface area contributed by atoms with Gasteiger partial charge < -0.3 is 9.64 Å². The number of benzene rings is 2. The lowest BCUT2D eigenvalue weighted by Crippen LogP contribution is -2.55. The Labute approximate surface area is 163 Å². The second kappa shape index (κ2) is 6.87. The zero-order valence-corrected chi connectivity index (χ0v) is 16.0. The van der Waals surface area contributed by atoms with Crippen molar-refractivity contribution in [1.29, 1.82) is 0 Å². The molecule has 0 bridgehead atoms. The minimum atomic E-state index is -0.353. The minimum Gasteiger partial charge on any atom is -0.377 e. The molecular formula is C22H22N2O4. The summed E-state index contributed by atoms with van der Waals surface area (Å²) in [5.41, 5.74) is 1.91. The number of nitrogens with zero attached hydrogens (tertiary/aromatic N) is 2. The number of rotatable bonds is 3. The largest absolute Gasteiger partial charge is 0.377 e. The van der Waals surface area contributed by atoms with Crippen LogP contribution in [-0.2, 0) is 11.3 Å². The number of hydrogen-bond donors (Lipinski definition) is 0. The quantitative estimate of drug-likeness (QED) is 0.771. The second-order valence-corrected chi connectivity index (χ2v) is 7.76. The number of amides is 3. The molecule has 144 valence electrons.